The van der Waals surface area contributed by atoms with Crippen molar-refractivity contribution in [2.75, 3.05) is 55.6 Å². The average Bonchev–Trinajstić information content (AvgIpc) is 3.21. The fourth-order valence-corrected chi connectivity index (χ4v) is 4.73. The minimum absolute atomic E-state index is 0.293. The van der Waals surface area contributed by atoms with Gasteiger partial charge in [0.15, 0.2) is 5.58 Å². The summed E-state index contributed by atoms with van der Waals surface area (Å²) in [5.74, 6) is 0.541. The number of hydrogen-bond donors (Lipinski definition) is 1. The third kappa shape index (κ3) is 4.39. The molecule has 168 valence electrons. The van der Waals surface area contributed by atoms with E-state index in [2.05, 4.69) is 50.5 Å². The standard InChI is InChI=1S/C25H30N4O3/c1-2-12-27-13-10-21(11-14-27)31-20-8-6-19(7-9-20)28-15-17-29(18-16-28)23-5-3-4-22-24(23)32-25(30)26-22/h2-9,21H,1,10-18H2,(H,26,30). The summed E-state index contributed by atoms with van der Waals surface area (Å²) in [4.78, 5) is 21.4. The van der Waals surface area contributed by atoms with E-state index in [0.29, 0.717) is 11.7 Å². The van der Waals surface area contributed by atoms with E-state index < -0.39 is 5.76 Å². The monoisotopic (exact) mass is 434 g/mol. The molecule has 2 saturated heterocycles. The van der Waals surface area contributed by atoms with E-state index >= 15 is 0 Å². The molecule has 0 amide bonds. The van der Waals surface area contributed by atoms with Crippen LogP contribution in [-0.2, 0) is 0 Å². The molecular weight excluding hydrogens is 404 g/mol. The van der Waals surface area contributed by atoms with Gasteiger partial charge in [0.2, 0.25) is 0 Å². The molecule has 3 heterocycles. The first-order valence-electron chi connectivity index (χ1n) is 11.4. The lowest BCUT2D eigenvalue weighted by molar-refractivity contribution is 0.107. The van der Waals surface area contributed by atoms with E-state index in [0.717, 1.165) is 75.6 Å². The maximum atomic E-state index is 11.6. The Bertz CT molecular complexity index is 1100. The van der Waals surface area contributed by atoms with Gasteiger partial charge in [-0.1, -0.05) is 12.1 Å². The molecule has 2 aromatic carbocycles. The molecule has 0 spiro atoms. The van der Waals surface area contributed by atoms with E-state index in [1.807, 2.05) is 24.3 Å². The summed E-state index contributed by atoms with van der Waals surface area (Å²) in [5, 5.41) is 0. The Hall–Kier alpha value is -3.19. The second-order valence-electron chi connectivity index (χ2n) is 8.54. The molecule has 0 radical (unpaired) electrons. The van der Waals surface area contributed by atoms with Crippen molar-refractivity contribution in [3.63, 3.8) is 0 Å². The summed E-state index contributed by atoms with van der Waals surface area (Å²) in [6.07, 6.45) is 4.39. The van der Waals surface area contributed by atoms with Crippen LogP contribution in [0.4, 0.5) is 11.4 Å². The fourth-order valence-electron chi connectivity index (χ4n) is 4.73. The highest BCUT2D eigenvalue weighted by Crippen LogP contribution is 2.28. The number of para-hydroxylation sites is 1. The van der Waals surface area contributed by atoms with Crippen LogP contribution in [0.25, 0.3) is 11.1 Å². The van der Waals surface area contributed by atoms with Gasteiger partial charge in [0.05, 0.1) is 11.2 Å². The minimum atomic E-state index is -0.407. The van der Waals surface area contributed by atoms with Crippen LogP contribution in [0, 0.1) is 0 Å². The van der Waals surface area contributed by atoms with Gasteiger partial charge in [-0.25, -0.2) is 4.79 Å². The number of piperazine rings is 1. The van der Waals surface area contributed by atoms with Crippen molar-refractivity contribution in [3.8, 4) is 5.75 Å². The van der Waals surface area contributed by atoms with Crippen LogP contribution in [0.5, 0.6) is 5.75 Å². The number of fused-ring (bicyclic) bond motifs is 1. The van der Waals surface area contributed by atoms with Crippen molar-refractivity contribution in [1.82, 2.24) is 9.88 Å². The van der Waals surface area contributed by atoms with Crippen LogP contribution in [0.1, 0.15) is 12.8 Å². The van der Waals surface area contributed by atoms with Crippen molar-refractivity contribution in [3.05, 3.63) is 65.7 Å². The number of hydrogen-bond acceptors (Lipinski definition) is 6. The number of piperidine rings is 1. The van der Waals surface area contributed by atoms with Gasteiger partial charge < -0.3 is 19.0 Å². The van der Waals surface area contributed by atoms with Gasteiger partial charge >= 0.3 is 5.76 Å². The van der Waals surface area contributed by atoms with Gasteiger partial charge in [0.25, 0.3) is 0 Å². The number of aromatic nitrogens is 1. The van der Waals surface area contributed by atoms with Crippen molar-refractivity contribution in [2.24, 2.45) is 0 Å². The van der Waals surface area contributed by atoms with E-state index in [4.69, 9.17) is 9.15 Å². The molecule has 1 aromatic heterocycles. The first-order chi connectivity index (χ1) is 15.7. The summed E-state index contributed by atoms with van der Waals surface area (Å²) in [5.41, 5.74) is 3.58. The molecule has 5 rings (SSSR count). The predicted molar refractivity (Wildman–Crippen MR) is 128 cm³/mol. The molecule has 2 aliphatic heterocycles. The molecule has 2 fully saturated rings. The van der Waals surface area contributed by atoms with Crippen LogP contribution in [0.2, 0.25) is 0 Å². The second-order valence-corrected chi connectivity index (χ2v) is 8.54. The highest BCUT2D eigenvalue weighted by atomic mass is 16.5. The average molecular weight is 435 g/mol. The third-order valence-corrected chi connectivity index (χ3v) is 6.47. The number of ether oxygens (including phenoxy) is 1. The molecule has 0 aliphatic carbocycles. The SMILES string of the molecule is C=CCN1CCC(Oc2ccc(N3CCN(c4cccc5[nH]c(=O)oc45)CC3)cc2)CC1. The van der Waals surface area contributed by atoms with Gasteiger partial charge in [0, 0.05) is 51.5 Å². The Morgan fingerprint density at radius 2 is 1.72 bits per heavy atom. The molecule has 0 atom stereocenters. The number of rotatable bonds is 6. The summed E-state index contributed by atoms with van der Waals surface area (Å²) < 4.78 is 11.6. The predicted octanol–water partition coefficient (Wildman–Crippen LogP) is 3.48. The van der Waals surface area contributed by atoms with Gasteiger partial charge in [-0.2, -0.15) is 0 Å². The number of H-pyrrole nitrogens is 1. The molecule has 32 heavy (non-hydrogen) atoms. The summed E-state index contributed by atoms with van der Waals surface area (Å²) in [7, 11) is 0. The molecule has 2 aliphatic rings. The number of oxazole rings is 1. The van der Waals surface area contributed by atoms with Crippen molar-refractivity contribution < 1.29 is 9.15 Å². The van der Waals surface area contributed by atoms with Crippen LogP contribution >= 0.6 is 0 Å². The maximum Gasteiger partial charge on any atom is 0.417 e. The van der Waals surface area contributed by atoms with Crippen LogP contribution in [-0.4, -0.2) is 61.8 Å². The summed E-state index contributed by atoms with van der Waals surface area (Å²) >= 11 is 0. The third-order valence-electron chi connectivity index (χ3n) is 6.47. The Morgan fingerprint density at radius 1 is 1.00 bits per heavy atom. The quantitative estimate of drug-likeness (QED) is 0.600. The molecular formula is C25H30N4O3. The Kier molecular flexibility index (Phi) is 5.90. The molecule has 0 unspecified atom stereocenters. The number of aromatic amines is 1. The zero-order chi connectivity index (χ0) is 21.9. The van der Waals surface area contributed by atoms with Gasteiger partial charge in [-0.15, -0.1) is 6.58 Å². The zero-order valence-corrected chi connectivity index (χ0v) is 18.3. The lowest BCUT2D eigenvalue weighted by atomic mass is 10.1. The summed E-state index contributed by atoms with van der Waals surface area (Å²) in [6, 6.07) is 14.3. The molecule has 7 heteroatoms. The highest BCUT2D eigenvalue weighted by Gasteiger charge is 2.22. The van der Waals surface area contributed by atoms with Crippen LogP contribution < -0.4 is 20.3 Å². The molecule has 1 N–H and O–H groups in total. The molecule has 0 bridgehead atoms. The van der Waals surface area contributed by atoms with Gasteiger partial charge in [0.1, 0.15) is 11.9 Å². The number of nitrogens with zero attached hydrogens (tertiary/aromatic N) is 3. The van der Waals surface area contributed by atoms with Crippen molar-refractivity contribution in [2.45, 2.75) is 18.9 Å². The Labute approximate surface area is 187 Å². The topological polar surface area (TPSA) is 65.0 Å². The first-order valence-corrected chi connectivity index (χ1v) is 11.4. The molecule has 3 aromatic rings. The number of anilines is 2. The Balaban J connectivity index is 1.16. The lowest BCUT2D eigenvalue weighted by Gasteiger charge is -2.37. The van der Waals surface area contributed by atoms with E-state index in [1.165, 1.54) is 5.69 Å². The van der Waals surface area contributed by atoms with Gasteiger partial charge in [-0.05, 0) is 49.2 Å². The maximum absolute atomic E-state index is 11.6. The lowest BCUT2D eigenvalue weighted by Crippen LogP contribution is -2.46. The van der Waals surface area contributed by atoms with Crippen molar-refractivity contribution in [1.29, 1.82) is 0 Å². The van der Waals surface area contributed by atoms with Crippen LogP contribution in [0.3, 0.4) is 0 Å². The Morgan fingerprint density at radius 3 is 2.44 bits per heavy atom. The first kappa shape index (κ1) is 20.7. The molecule has 0 saturated carbocycles. The van der Waals surface area contributed by atoms with Gasteiger partial charge in [-0.3, -0.25) is 9.88 Å². The minimum Gasteiger partial charge on any atom is -0.490 e. The van der Waals surface area contributed by atoms with E-state index in [1.54, 1.807) is 0 Å². The van der Waals surface area contributed by atoms with Crippen molar-refractivity contribution >= 4 is 22.5 Å². The summed E-state index contributed by atoms with van der Waals surface area (Å²) in [6.45, 7) is 10.5. The largest absolute Gasteiger partial charge is 0.490 e. The fraction of sp³-hybridized carbons (Fsp3) is 0.400. The second kappa shape index (κ2) is 9.12. The number of nitrogens with one attached hydrogen (secondary N) is 1. The smallest absolute Gasteiger partial charge is 0.417 e. The molecule has 7 nitrogen and oxygen atoms in total. The zero-order valence-electron chi connectivity index (χ0n) is 18.3. The highest BCUT2D eigenvalue weighted by molar-refractivity contribution is 5.86. The normalized spacial score (nSPS) is 18.2. The van der Waals surface area contributed by atoms with Crippen LogP contribution in [0.15, 0.2) is 64.3 Å². The number of likely N-dealkylation sites (tertiary alicyclic amines) is 1. The van der Waals surface area contributed by atoms with E-state index in [-0.39, 0.29) is 0 Å². The van der Waals surface area contributed by atoms with E-state index in [9.17, 15) is 4.79 Å². The number of benzene rings is 2.